The van der Waals surface area contributed by atoms with Gasteiger partial charge in [-0.3, -0.25) is 0 Å². The Balaban J connectivity index is 1.81. The lowest BCUT2D eigenvalue weighted by atomic mass is 9.30. The van der Waals surface area contributed by atoms with Crippen LogP contribution in [0.5, 0.6) is 0 Å². The third-order valence-electron chi connectivity index (χ3n) is 7.51. The van der Waals surface area contributed by atoms with Crippen LogP contribution in [0.1, 0.15) is 30.5 Å². The minimum atomic E-state index is -0.0811. The van der Waals surface area contributed by atoms with Gasteiger partial charge in [0.1, 0.15) is 6.07 Å². The Labute approximate surface area is 181 Å². The number of benzene rings is 4. The Hall–Kier alpha value is -3.77. The molecule has 2 aliphatic rings. The summed E-state index contributed by atoms with van der Waals surface area (Å²) >= 11 is 0. The number of fused-ring (bicyclic) bond motifs is 8. The maximum atomic E-state index is 10.0. The molecule has 0 radical (unpaired) electrons. The molecule has 0 amide bonds. The molecule has 144 valence electrons. The minimum absolute atomic E-state index is 0.0811. The molecule has 3 heteroatoms. The van der Waals surface area contributed by atoms with Crippen molar-refractivity contribution in [3.8, 4) is 11.8 Å². The van der Waals surface area contributed by atoms with Crippen LogP contribution in [0, 0.1) is 11.3 Å². The van der Waals surface area contributed by atoms with E-state index in [1.807, 2.05) is 12.1 Å². The van der Waals surface area contributed by atoms with Crippen molar-refractivity contribution in [3.63, 3.8) is 0 Å². The molecule has 0 N–H and O–H groups in total. The van der Waals surface area contributed by atoms with Gasteiger partial charge in [0.25, 0.3) is 0 Å². The molecular formula is C28H19BN2. The number of aromatic nitrogens is 1. The van der Waals surface area contributed by atoms with E-state index in [4.69, 9.17) is 0 Å². The van der Waals surface area contributed by atoms with Crippen molar-refractivity contribution in [1.29, 1.82) is 5.26 Å². The molecule has 3 heterocycles. The fourth-order valence-corrected chi connectivity index (χ4v) is 6.23. The normalized spacial score (nSPS) is 14.9. The Morgan fingerprint density at radius 1 is 0.774 bits per heavy atom. The van der Waals surface area contributed by atoms with Crippen molar-refractivity contribution in [2.75, 3.05) is 0 Å². The first kappa shape index (κ1) is 17.0. The smallest absolute Gasteiger partial charge is 0.247 e. The van der Waals surface area contributed by atoms with E-state index >= 15 is 0 Å². The summed E-state index contributed by atoms with van der Waals surface area (Å²) in [7, 11) is 0. The minimum Gasteiger partial charge on any atom is -0.309 e. The van der Waals surface area contributed by atoms with Gasteiger partial charge in [0, 0.05) is 21.7 Å². The molecule has 5 aromatic rings. The second-order valence-corrected chi connectivity index (χ2v) is 9.28. The van der Waals surface area contributed by atoms with Gasteiger partial charge < -0.3 is 4.57 Å². The molecule has 0 fully saturated rings. The zero-order valence-corrected chi connectivity index (χ0v) is 17.5. The summed E-state index contributed by atoms with van der Waals surface area (Å²) in [5.74, 6) is 0. The highest BCUT2D eigenvalue weighted by atomic mass is 15.0. The largest absolute Gasteiger partial charge is 0.309 e. The molecule has 0 unspecified atom stereocenters. The van der Waals surface area contributed by atoms with Crippen LogP contribution in [0.15, 0.2) is 78.9 Å². The van der Waals surface area contributed by atoms with Gasteiger partial charge in [-0.05, 0) is 34.2 Å². The highest BCUT2D eigenvalue weighted by Crippen LogP contribution is 2.40. The SMILES string of the molecule is CC1(C)c2ccccc2B2c3cccc(C#N)c3-n3c4ccccc4c4ccc1c2c43. The summed E-state index contributed by atoms with van der Waals surface area (Å²) in [6.07, 6.45) is 0. The van der Waals surface area contributed by atoms with Crippen molar-refractivity contribution in [3.05, 3.63) is 95.6 Å². The van der Waals surface area contributed by atoms with E-state index in [9.17, 15) is 5.26 Å². The lowest BCUT2D eigenvalue weighted by Gasteiger charge is -2.41. The lowest BCUT2D eigenvalue weighted by Crippen LogP contribution is -2.63. The molecule has 2 nitrogen and oxygen atoms in total. The number of hydrogen-bond donors (Lipinski definition) is 0. The van der Waals surface area contributed by atoms with E-state index in [-0.39, 0.29) is 12.1 Å². The van der Waals surface area contributed by atoms with Crippen LogP contribution in [-0.2, 0) is 5.41 Å². The fraction of sp³-hybridized carbons (Fsp3) is 0.107. The third-order valence-corrected chi connectivity index (χ3v) is 7.51. The average Bonchev–Trinajstić information content (AvgIpc) is 3.14. The first-order valence-corrected chi connectivity index (χ1v) is 10.8. The molecule has 0 atom stereocenters. The summed E-state index contributed by atoms with van der Waals surface area (Å²) in [4.78, 5) is 0. The summed E-state index contributed by atoms with van der Waals surface area (Å²) in [5.41, 5.74) is 10.9. The van der Waals surface area contributed by atoms with Crippen molar-refractivity contribution >= 4 is 44.9 Å². The van der Waals surface area contributed by atoms with Crippen molar-refractivity contribution < 1.29 is 0 Å². The quantitative estimate of drug-likeness (QED) is 0.356. The second kappa shape index (κ2) is 5.48. The topological polar surface area (TPSA) is 28.7 Å². The van der Waals surface area contributed by atoms with Gasteiger partial charge in [-0.15, -0.1) is 0 Å². The second-order valence-electron chi connectivity index (χ2n) is 9.28. The van der Waals surface area contributed by atoms with Gasteiger partial charge in [-0.1, -0.05) is 86.0 Å². The number of nitrogens with zero attached hydrogens (tertiary/aromatic N) is 2. The standard InChI is InChI=1S/C28H19BN2/c1-28(2)20-10-4-5-11-22(20)29-23-12-7-8-17(16-30)26(23)31-24-13-6-3-9-18(24)19-14-15-21(28)25(29)27(19)31/h3-15H,1-2H3. The molecule has 0 saturated carbocycles. The summed E-state index contributed by atoms with van der Waals surface area (Å²) < 4.78 is 2.36. The number of rotatable bonds is 0. The monoisotopic (exact) mass is 394 g/mol. The maximum absolute atomic E-state index is 10.0. The van der Waals surface area contributed by atoms with E-state index < -0.39 is 0 Å². The third kappa shape index (κ3) is 1.85. The average molecular weight is 394 g/mol. The first-order chi connectivity index (χ1) is 15.1. The molecule has 2 aliphatic heterocycles. The van der Waals surface area contributed by atoms with E-state index in [2.05, 4.69) is 91.2 Å². The van der Waals surface area contributed by atoms with E-state index in [0.29, 0.717) is 0 Å². The Morgan fingerprint density at radius 2 is 1.55 bits per heavy atom. The predicted molar refractivity (Wildman–Crippen MR) is 129 cm³/mol. The number of para-hydroxylation sites is 2. The molecule has 0 aliphatic carbocycles. The number of hydrogen-bond acceptors (Lipinski definition) is 1. The number of nitriles is 1. The highest BCUT2D eigenvalue weighted by Gasteiger charge is 2.45. The van der Waals surface area contributed by atoms with Crippen LogP contribution in [0.3, 0.4) is 0 Å². The molecule has 0 saturated heterocycles. The van der Waals surface area contributed by atoms with E-state index in [0.717, 1.165) is 11.3 Å². The van der Waals surface area contributed by atoms with Crippen molar-refractivity contribution in [2.24, 2.45) is 0 Å². The van der Waals surface area contributed by atoms with Gasteiger partial charge in [-0.2, -0.15) is 5.26 Å². The summed E-state index contributed by atoms with van der Waals surface area (Å²) in [5, 5.41) is 12.6. The molecule has 4 aromatic carbocycles. The van der Waals surface area contributed by atoms with Crippen LogP contribution in [0.25, 0.3) is 27.5 Å². The lowest BCUT2D eigenvalue weighted by molar-refractivity contribution is 0.646. The summed E-state index contributed by atoms with van der Waals surface area (Å²) in [6.45, 7) is 4.82. The van der Waals surface area contributed by atoms with Crippen molar-refractivity contribution in [1.82, 2.24) is 4.57 Å². The Kier molecular flexibility index (Phi) is 3.00. The van der Waals surface area contributed by atoms with E-state index in [1.54, 1.807) is 0 Å². The van der Waals surface area contributed by atoms with Gasteiger partial charge in [-0.25, -0.2) is 0 Å². The maximum Gasteiger partial charge on any atom is 0.247 e. The predicted octanol–water partition coefficient (Wildman–Crippen LogP) is 4.12. The van der Waals surface area contributed by atoms with Gasteiger partial charge in [0.15, 0.2) is 0 Å². The van der Waals surface area contributed by atoms with Crippen LogP contribution < -0.4 is 16.4 Å². The van der Waals surface area contributed by atoms with Crippen molar-refractivity contribution in [2.45, 2.75) is 19.3 Å². The Morgan fingerprint density at radius 3 is 2.42 bits per heavy atom. The molecule has 0 bridgehead atoms. The molecule has 31 heavy (non-hydrogen) atoms. The van der Waals surface area contributed by atoms with Gasteiger partial charge in [0.2, 0.25) is 6.71 Å². The Bertz CT molecular complexity index is 1630. The molecular weight excluding hydrogens is 375 g/mol. The van der Waals surface area contributed by atoms with Crippen LogP contribution >= 0.6 is 0 Å². The summed E-state index contributed by atoms with van der Waals surface area (Å²) in [6, 6.07) is 30.8. The van der Waals surface area contributed by atoms with Crippen LogP contribution in [-0.4, -0.2) is 11.3 Å². The zero-order valence-electron chi connectivity index (χ0n) is 17.5. The molecule has 7 rings (SSSR count). The zero-order chi connectivity index (χ0) is 20.9. The van der Waals surface area contributed by atoms with E-state index in [1.165, 1.54) is 49.3 Å². The van der Waals surface area contributed by atoms with Crippen LogP contribution in [0.2, 0.25) is 0 Å². The van der Waals surface area contributed by atoms with Gasteiger partial charge in [0.05, 0.1) is 16.8 Å². The molecule has 0 spiro atoms. The highest BCUT2D eigenvalue weighted by molar-refractivity contribution is 6.99. The fourth-order valence-electron chi connectivity index (χ4n) is 6.23. The molecule has 1 aromatic heterocycles. The van der Waals surface area contributed by atoms with Gasteiger partial charge >= 0.3 is 0 Å². The first-order valence-electron chi connectivity index (χ1n) is 10.8. The van der Waals surface area contributed by atoms with Crippen LogP contribution in [0.4, 0.5) is 0 Å².